The molecule has 0 aliphatic heterocycles. The number of benzene rings is 3. The summed E-state index contributed by atoms with van der Waals surface area (Å²) in [5, 5.41) is 9.79. The second-order valence-corrected chi connectivity index (χ2v) is 7.27. The summed E-state index contributed by atoms with van der Waals surface area (Å²) >= 11 is 0. The summed E-state index contributed by atoms with van der Waals surface area (Å²) in [5.41, 5.74) is 3.93. The second kappa shape index (κ2) is 7.15. The number of carbonyl (C=O) groups excluding carboxylic acids is 1. The zero-order valence-electron chi connectivity index (χ0n) is 16.7. The molecule has 5 aromatic rings. The van der Waals surface area contributed by atoms with Gasteiger partial charge in [-0.15, -0.1) is 5.10 Å². The first kappa shape index (κ1) is 18.1. The standard InChI is InChI=1S/C24H20N4O2/c1-15-24-28(16(2)26-15)27-23(30-24)19-12-10-18(11-13-19)22(29)25-14-20-8-5-7-17-6-3-4-9-21(17)20/h3-13H,14H2,1-2H3,(H,25,29). The number of amides is 1. The fraction of sp³-hybridized carbons (Fsp3) is 0.125. The van der Waals surface area contributed by atoms with Crippen LogP contribution in [0.4, 0.5) is 0 Å². The first-order chi connectivity index (χ1) is 14.6. The van der Waals surface area contributed by atoms with Crippen molar-refractivity contribution in [3.63, 3.8) is 0 Å². The lowest BCUT2D eigenvalue weighted by Crippen LogP contribution is -2.22. The van der Waals surface area contributed by atoms with Gasteiger partial charge in [-0.05, 0) is 54.4 Å². The molecular formula is C24H20N4O2. The minimum absolute atomic E-state index is 0.120. The molecule has 1 N–H and O–H groups in total. The van der Waals surface area contributed by atoms with E-state index in [0.717, 1.165) is 33.4 Å². The molecular weight excluding hydrogens is 376 g/mol. The number of aryl methyl sites for hydroxylation is 2. The molecule has 0 unspecified atom stereocenters. The van der Waals surface area contributed by atoms with Crippen LogP contribution in [-0.4, -0.2) is 20.5 Å². The summed E-state index contributed by atoms with van der Waals surface area (Å²) < 4.78 is 7.53. The molecule has 0 atom stereocenters. The van der Waals surface area contributed by atoms with E-state index in [1.54, 1.807) is 16.6 Å². The molecule has 3 aromatic carbocycles. The van der Waals surface area contributed by atoms with Gasteiger partial charge in [-0.1, -0.05) is 42.5 Å². The number of nitrogens with zero attached hydrogens (tertiary/aromatic N) is 3. The molecule has 2 aromatic heterocycles. The van der Waals surface area contributed by atoms with E-state index in [4.69, 9.17) is 4.42 Å². The number of carbonyl (C=O) groups is 1. The topological polar surface area (TPSA) is 72.4 Å². The van der Waals surface area contributed by atoms with Gasteiger partial charge >= 0.3 is 0 Å². The van der Waals surface area contributed by atoms with Crippen LogP contribution < -0.4 is 5.32 Å². The number of hydrogen-bond acceptors (Lipinski definition) is 4. The molecule has 0 saturated carbocycles. The van der Waals surface area contributed by atoms with Crippen molar-refractivity contribution in [2.45, 2.75) is 20.4 Å². The Kier molecular flexibility index (Phi) is 4.32. The van der Waals surface area contributed by atoms with Gasteiger partial charge in [0.1, 0.15) is 11.5 Å². The van der Waals surface area contributed by atoms with Gasteiger partial charge in [-0.3, -0.25) is 4.79 Å². The predicted octanol–water partition coefficient (Wildman–Crippen LogP) is 4.69. The number of nitrogens with one attached hydrogen (secondary N) is 1. The van der Waals surface area contributed by atoms with Crippen molar-refractivity contribution >= 4 is 22.4 Å². The Bertz CT molecular complexity index is 1340. The lowest BCUT2D eigenvalue weighted by molar-refractivity contribution is 0.0951. The fourth-order valence-electron chi connectivity index (χ4n) is 3.68. The Hall–Kier alpha value is -3.93. The van der Waals surface area contributed by atoms with Gasteiger partial charge < -0.3 is 9.73 Å². The molecule has 0 spiro atoms. The van der Waals surface area contributed by atoms with Crippen LogP contribution >= 0.6 is 0 Å². The minimum Gasteiger partial charge on any atom is -0.416 e. The first-order valence-electron chi connectivity index (χ1n) is 9.78. The zero-order valence-corrected chi connectivity index (χ0v) is 16.7. The summed E-state index contributed by atoms with van der Waals surface area (Å²) in [6, 6.07) is 21.5. The third-order valence-electron chi connectivity index (χ3n) is 5.24. The summed E-state index contributed by atoms with van der Waals surface area (Å²) in [6.45, 7) is 4.25. The highest BCUT2D eigenvalue weighted by molar-refractivity contribution is 5.95. The van der Waals surface area contributed by atoms with Crippen LogP contribution in [0.1, 0.15) is 27.4 Å². The van der Waals surface area contributed by atoms with Crippen LogP contribution in [0.2, 0.25) is 0 Å². The minimum atomic E-state index is -0.120. The summed E-state index contributed by atoms with van der Waals surface area (Å²) in [4.78, 5) is 17.0. The largest absolute Gasteiger partial charge is 0.416 e. The van der Waals surface area contributed by atoms with Crippen molar-refractivity contribution in [1.82, 2.24) is 19.9 Å². The lowest BCUT2D eigenvalue weighted by atomic mass is 10.0. The normalized spacial score (nSPS) is 11.3. The summed E-state index contributed by atoms with van der Waals surface area (Å²) in [5.74, 6) is 1.16. The Morgan fingerprint density at radius 1 is 1.00 bits per heavy atom. The Balaban J connectivity index is 1.33. The van der Waals surface area contributed by atoms with Crippen LogP contribution in [0.3, 0.4) is 0 Å². The monoisotopic (exact) mass is 396 g/mol. The molecule has 6 nitrogen and oxygen atoms in total. The Labute approximate surface area is 173 Å². The van der Waals surface area contributed by atoms with Gasteiger partial charge in [0.15, 0.2) is 0 Å². The van der Waals surface area contributed by atoms with Crippen molar-refractivity contribution in [3.8, 4) is 11.5 Å². The van der Waals surface area contributed by atoms with Crippen molar-refractivity contribution < 1.29 is 9.21 Å². The molecule has 1 amide bonds. The molecule has 0 aliphatic carbocycles. The third-order valence-corrected chi connectivity index (χ3v) is 5.24. The third kappa shape index (κ3) is 3.12. The van der Waals surface area contributed by atoms with Gasteiger partial charge in [0.25, 0.3) is 5.91 Å². The van der Waals surface area contributed by atoms with Crippen LogP contribution in [0, 0.1) is 13.8 Å². The van der Waals surface area contributed by atoms with Gasteiger partial charge in [-0.25, -0.2) is 4.98 Å². The number of fused-ring (bicyclic) bond motifs is 2. The maximum Gasteiger partial charge on any atom is 0.251 e. The second-order valence-electron chi connectivity index (χ2n) is 7.27. The van der Waals surface area contributed by atoms with E-state index in [0.29, 0.717) is 23.7 Å². The van der Waals surface area contributed by atoms with Crippen molar-refractivity contribution in [3.05, 3.63) is 89.4 Å². The smallest absolute Gasteiger partial charge is 0.251 e. The van der Waals surface area contributed by atoms with Crippen LogP contribution in [-0.2, 0) is 6.54 Å². The first-order valence-corrected chi connectivity index (χ1v) is 9.78. The molecule has 0 bridgehead atoms. The van der Waals surface area contributed by atoms with Crippen molar-refractivity contribution in [2.24, 2.45) is 0 Å². The molecule has 0 saturated heterocycles. The quantitative estimate of drug-likeness (QED) is 0.478. The molecule has 6 heteroatoms. The van der Waals surface area contributed by atoms with Crippen LogP contribution in [0.15, 0.2) is 71.1 Å². The molecule has 5 rings (SSSR count). The van der Waals surface area contributed by atoms with E-state index in [9.17, 15) is 4.79 Å². The van der Waals surface area contributed by atoms with Gasteiger partial charge in [-0.2, -0.15) is 4.52 Å². The summed E-state index contributed by atoms with van der Waals surface area (Å²) in [6.07, 6.45) is 0. The summed E-state index contributed by atoms with van der Waals surface area (Å²) in [7, 11) is 0. The Morgan fingerprint density at radius 2 is 1.77 bits per heavy atom. The highest BCUT2D eigenvalue weighted by Gasteiger charge is 2.15. The lowest BCUT2D eigenvalue weighted by Gasteiger charge is -2.09. The average molecular weight is 396 g/mol. The SMILES string of the molecule is Cc1nc(C)n2nc(-c3ccc(C(=O)NCc4cccc5ccccc45)cc3)oc12. The van der Waals surface area contributed by atoms with Crippen LogP contribution in [0.5, 0.6) is 0 Å². The predicted molar refractivity (Wildman–Crippen MR) is 115 cm³/mol. The van der Waals surface area contributed by atoms with E-state index in [2.05, 4.69) is 33.6 Å². The molecule has 2 heterocycles. The van der Waals surface area contributed by atoms with E-state index >= 15 is 0 Å². The molecule has 0 fully saturated rings. The van der Waals surface area contributed by atoms with Crippen LogP contribution in [0.25, 0.3) is 27.9 Å². The van der Waals surface area contributed by atoms with E-state index in [1.807, 2.05) is 50.2 Å². The number of rotatable bonds is 4. The van der Waals surface area contributed by atoms with Crippen molar-refractivity contribution in [2.75, 3.05) is 0 Å². The highest BCUT2D eigenvalue weighted by Crippen LogP contribution is 2.23. The average Bonchev–Trinajstić information content (AvgIpc) is 3.33. The van der Waals surface area contributed by atoms with Gasteiger partial charge in [0.05, 0.1) is 0 Å². The van der Waals surface area contributed by atoms with Gasteiger partial charge in [0, 0.05) is 17.7 Å². The Morgan fingerprint density at radius 3 is 2.57 bits per heavy atom. The van der Waals surface area contributed by atoms with E-state index in [1.165, 1.54) is 0 Å². The zero-order chi connectivity index (χ0) is 20.7. The number of imidazole rings is 1. The van der Waals surface area contributed by atoms with E-state index in [-0.39, 0.29) is 5.91 Å². The maximum absolute atomic E-state index is 12.6. The van der Waals surface area contributed by atoms with Gasteiger partial charge in [0.2, 0.25) is 11.6 Å². The molecule has 0 aliphatic rings. The fourth-order valence-corrected chi connectivity index (χ4v) is 3.68. The number of aromatic nitrogens is 3. The molecule has 0 radical (unpaired) electrons. The molecule has 30 heavy (non-hydrogen) atoms. The van der Waals surface area contributed by atoms with Crippen molar-refractivity contribution in [1.29, 1.82) is 0 Å². The highest BCUT2D eigenvalue weighted by atomic mass is 16.4. The number of hydrogen-bond donors (Lipinski definition) is 1. The maximum atomic E-state index is 12.6. The molecule has 148 valence electrons. The van der Waals surface area contributed by atoms with E-state index < -0.39 is 0 Å².